The van der Waals surface area contributed by atoms with E-state index >= 15 is 0 Å². The second kappa shape index (κ2) is 6.19. The van der Waals surface area contributed by atoms with Crippen molar-refractivity contribution < 1.29 is 13.2 Å². The van der Waals surface area contributed by atoms with Gasteiger partial charge in [0.1, 0.15) is 0 Å². The van der Waals surface area contributed by atoms with Gasteiger partial charge in [-0.3, -0.25) is 9.89 Å². The number of aromatic amines is 1. The molecule has 1 amide bonds. The van der Waals surface area contributed by atoms with E-state index in [1.54, 1.807) is 24.3 Å². The Morgan fingerprint density at radius 2 is 2.08 bits per heavy atom. The van der Waals surface area contributed by atoms with E-state index in [1.165, 1.54) is 0 Å². The SMILES string of the molecule is Cl.O=C(NC1CS(=O)(=O)c2ccccc21)c1n[nH]c2c1CNCC2. The van der Waals surface area contributed by atoms with Gasteiger partial charge in [0, 0.05) is 30.8 Å². The van der Waals surface area contributed by atoms with Crippen molar-refractivity contribution in [2.75, 3.05) is 12.3 Å². The van der Waals surface area contributed by atoms with E-state index in [-0.39, 0.29) is 24.1 Å². The van der Waals surface area contributed by atoms with E-state index in [0.717, 1.165) is 24.2 Å². The van der Waals surface area contributed by atoms with E-state index in [9.17, 15) is 13.2 Å². The van der Waals surface area contributed by atoms with E-state index in [2.05, 4.69) is 20.8 Å². The highest BCUT2D eigenvalue weighted by Crippen LogP contribution is 2.33. The van der Waals surface area contributed by atoms with Gasteiger partial charge in [0.25, 0.3) is 5.91 Å². The number of carbonyl (C=O) groups is 1. The molecule has 3 heterocycles. The molecule has 2 aliphatic heterocycles. The zero-order chi connectivity index (χ0) is 16.0. The van der Waals surface area contributed by atoms with Crippen LogP contribution >= 0.6 is 12.4 Å². The molecule has 0 saturated carbocycles. The van der Waals surface area contributed by atoms with E-state index in [0.29, 0.717) is 22.7 Å². The molecule has 24 heavy (non-hydrogen) atoms. The first-order valence-corrected chi connectivity index (χ1v) is 9.11. The van der Waals surface area contributed by atoms with E-state index < -0.39 is 15.9 Å². The second-order valence-electron chi connectivity index (χ2n) is 5.80. The van der Waals surface area contributed by atoms with Crippen LogP contribution in [0.15, 0.2) is 29.2 Å². The summed E-state index contributed by atoms with van der Waals surface area (Å²) in [7, 11) is -3.34. The van der Waals surface area contributed by atoms with Crippen LogP contribution in [0.4, 0.5) is 0 Å². The van der Waals surface area contributed by atoms with Crippen molar-refractivity contribution in [3.63, 3.8) is 0 Å². The Labute approximate surface area is 145 Å². The molecule has 1 atom stereocenters. The average Bonchev–Trinajstić information content (AvgIpc) is 3.08. The Morgan fingerprint density at radius 1 is 1.29 bits per heavy atom. The van der Waals surface area contributed by atoms with Gasteiger partial charge in [-0.2, -0.15) is 5.10 Å². The number of amides is 1. The summed E-state index contributed by atoms with van der Waals surface area (Å²) in [6, 6.07) is 6.26. The molecule has 0 bridgehead atoms. The predicted octanol–water partition coefficient (Wildman–Crippen LogP) is 0.736. The summed E-state index contributed by atoms with van der Waals surface area (Å²) in [4.78, 5) is 12.8. The number of hydrogen-bond donors (Lipinski definition) is 3. The van der Waals surface area contributed by atoms with Crippen molar-refractivity contribution in [3.8, 4) is 0 Å². The van der Waals surface area contributed by atoms with Crippen LogP contribution in [-0.4, -0.2) is 36.8 Å². The lowest BCUT2D eigenvalue weighted by Gasteiger charge is -2.15. The third-order valence-electron chi connectivity index (χ3n) is 4.34. The maximum atomic E-state index is 12.5. The molecule has 4 rings (SSSR count). The zero-order valence-electron chi connectivity index (χ0n) is 12.7. The fraction of sp³-hybridized carbons (Fsp3) is 0.333. The summed E-state index contributed by atoms with van der Waals surface area (Å²) in [5.41, 5.74) is 2.81. The number of aromatic nitrogens is 2. The minimum absolute atomic E-state index is 0. The third-order valence-corrected chi connectivity index (χ3v) is 6.16. The summed E-state index contributed by atoms with van der Waals surface area (Å²) in [5, 5.41) is 13.0. The fourth-order valence-electron chi connectivity index (χ4n) is 3.21. The third kappa shape index (κ3) is 2.70. The Hall–Kier alpha value is -1.90. The van der Waals surface area contributed by atoms with Crippen molar-refractivity contribution in [2.24, 2.45) is 0 Å². The van der Waals surface area contributed by atoms with Gasteiger partial charge >= 0.3 is 0 Å². The Balaban J connectivity index is 0.00000169. The fourth-order valence-corrected chi connectivity index (χ4v) is 4.95. The molecule has 1 aromatic heterocycles. The molecule has 2 aliphatic rings. The number of benzene rings is 1. The summed E-state index contributed by atoms with van der Waals surface area (Å²) in [6.45, 7) is 1.44. The number of halogens is 1. The van der Waals surface area contributed by atoms with Crippen LogP contribution in [0.5, 0.6) is 0 Å². The molecule has 0 spiro atoms. The molecule has 3 N–H and O–H groups in total. The normalized spacial score (nSPS) is 20.6. The number of fused-ring (bicyclic) bond motifs is 2. The minimum atomic E-state index is -3.34. The monoisotopic (exact) mass is 368 g/mol. The number of H-pyrrole nitrogens is 1. The standard InChI is InChI=1S/C15H16N4O3S.ClH/c20-15(14-10-7-16-6-5-11(10)18-19-14)17-12-8-23(21,22)13-4-2-1-3-9(12)13;/h1-4,12,16H,5-8H2,(H,17,20)(H,18,19);1H. The van der Waals surface area contributed by atoms with Gasteiger partial charge in [0.05, 0.1) is 16.7 Å². The molecule has 0 saturated heterocycles. The van der Waals surface area contributed by atoms with Crippen LogP contribution in [0.3, 0.4) is 0 Å². The Morgan fingerprint density at radius 3 is 2.92 bits per heavy atom. The number of nitrogens with one attached hydrogen (secondary N) is 3. The molecule has 1 aromatic carbocycles. The van der Waals surface area contributed by atoms with Crippen molar-refractivity contribution in [2.45, 2.75) is 23.9 Å². The first kappa shape index (κ1) is 16.9. The smallest absolute Gasteiger partial charge is 0.272 e. The maximum absolute atomic E-state index is 12.5. The van der Waals surface area contributed by atoms with Crippen LogP contribution in [0, 0.1) is 0 Å². The summed E-state index contributed by atoms with van der Waals surface area (Å²) in [6.07, 6.45) is 0.802. The quantitative estimate of drug-likeness (QED) is 0.725. The van der Waals surface area contributed by atoms with Gasteiger partial charge in [0.2, 0.25) is 0 Å². The number of hydrogen-bond acceptors (Lipinski definition) is 5. The number of sulfone groups is 1. The molecule has 9 heteroatoms. The molecule has 0 aliphatic carbocycles. The first-order chi connectivity index (χ1) is 11.1. The van der Waals surface area contributed by atoms with Crippen molar-refractivity contribution in [1.29, 1.82) is 0 Å². The molecule has 0 fully saturated rings. The lowest BCUT2D eigenvalue weighted by molar-refractivity contribution is 0.0934. The summed E-state index contributed by atoms with van der Waals surface area (Å²) >= 11 is 0. The number of nitrogens with zero attached hydrogens (tertiary/aromatic N) is 1. The highest BCUT2D eigenvalue weighted by atomic mass is 35.5. The van der Waals surface area contributed by atoms with Crippen LogP contribution in [-0.2, 0) is 22.8 Å². The Kier molecular flexibility index (Phi) is 4.37. The van der Waals surface area contributed by atoms with Gasteiger partial charge in [-0.25, -0.2) is 8.42 Å². The van der Waals surface area contributed by atoms with E-state index in [1.807, 2.05) is 0 Å². The van der Waals surface area contributed by atoms with Crippen LogP contribution in [0.2, 0.25) is 0 Å². The van der Waals surface area contributed by atoms with Gasteiger partial charge in [-0.1, -0.05) is 18.2 Å². The van der Waals surface area contributed by atoms with Crippen molar-refractivity contribution in [1.82, 2.24) is 20.8 Å². The molecular weight excluding hydrogens is 352 g/mol. The van der Waals surface area contributed by atoms with Gasteiger partial charge < -0.3 is 10.6 Å². The lowest BCUT2D eigenvalue weighted by atomic mass is 10.1. The lowest BCUT2D eigenvalue weighted by Crippen LogP contribution is -2.32. The number of rotatable bonds is 2. The Bertz CT molecular complexity index is 894. The van der Waals surface area contributed by atoms with Gasteiger partial charge in [-0.05, 0) is 11.6 Å². The van der Waals surface area contributed by atoms with E-state index in [4.69, 9.17) is 0 Å². The molecule has 1 unspecified atom stereocenters. The van der Waals surface area contributed by atoms with Gasteiger partial charge in [-0.15, -0.1) is 12.4 Å². The second-order valence-corrected chi connectivity index (χ2v) is 7.80. The molecule has 7 nitrogen and oxygen atoms in total. The zero-order valence-corrected chi connectivity index (χ0v) is 14.3. The highest BCUT2D eigenvalue weighted by molar-refractivity contribution is 7.91. The first-order valence-electron chi connectivity index (χ1n) is 7.45. The summed E-state index contributed by atoms with van der Waals surface area (Å²) in [5.74, 6) is -0.453. The van der Waals surface area contributed by atoms with Crippen LogP contribution in [0.25, 0.3) is 0 Å². The average molecular weight is 369 g/mol. The van der Waals surface area contributed by atoms with Crippen molar-refractivity contribution in [3.05, 3.63) is 46.8 Å². The van der Waals surface area contributed by atoms with Gasteiger partial charge in [0.15, 0.2) is 15.5 Å². The topological polar surface area (TPSA) is 104 Å². The minimum Gasteiger partial charge on any atom is -0.343 e. The molecule has 0 radical (unpaired) electrons. The predicted molar refractivity (Wildman–Crippen MR) is 89.9 cm³/mol. The molecule has 2 aromatic rings. The molecule has 128 valence electrons. The number of carbonyl (C=O) groups excluding carboxylic acids is 1. The molecular formula is C15H17ClN4O3S. The van der Waals surface area contributed by atoms with Crippen molar-refractivity contribution >= 4 is 28.2 Å². The van der Waals surface area contributed by atoms with Crippen LogP contribution in [0.1, 0.15) is 33.4 Å². The maximum Gasteiger partial charge on any atom is 0.272 e. The largest absolute Gasteiger partial charge is 0.343 e. The van der Waals surface area contributed by atoms with Crippen LogP contribution < -0.4 is 10.6 Å². The summed E-state index contributed by atoms with van der Waals surface area (Å²) < 4.78 is 24.4. The highest BCUT2D eigenvalue weighted by Gasteiger charge is 2.36.